The summed E-state index contributed by atoms with van der Waals surface area (Å²) in [6.07, 6.45) is 6.92. The van der Waals surface area contributed by atoms with E-state index >= 15 is 0 Å². The molecule has 2 aliphatic carbocycles. The monoisotopic (exact) mass is 316 g/mol. The largest absolute Gasteiger partial charge is 0.314 e. The van der Waals surface area contributed by atoms with Gasteiger partial charge in [0.05, 0.1) is 0 Å². The molecular weight excluding hydrogens is 288 g/mol. The van der Waals surface area contributed by atoms with Crippen molar-refractivity contribution in [3.63, 3.8) is 0 Å². The van der Waals surface area contributed by atoms with Crippen molar-refractivity contribution in [2.75, 3.05) is 33.2 Å². The van der Waals surface area contributed by atoms with E-state index in [0.29, 0.717) is 12.6 Å². The topological polar surface area (TPSA) is 64.7 Å². The summed E-state index contributed by atoms with van der Waals surface area (Å²) in [5.74, 6) is 0. The first-order chi connectivity index (χ1) is 10.0. The van der Waals surface area contributed by atoms with Gasteiger partial charge in [0, 0.05) is 44.8 Å². The fraction of sp³-hybridized carbons (Fsp3) is 1.00. The molecule has 1 unspecified atom stereocenters. The summed E-state index contributed by atoms with van der Waals surface area (Å²) >= 11 is 0. The van der Waals surface area contributed by atoms with Gasteiger partial charge in [0.1, 0.15) is 0 Å². The van der Waals surface area contributed by atoms with E-state index in [9.17, 15) is 8.42 Å². The van der Waals surface area contributed by atoms with Crippen molar-refractivity contribution in [2.24, 2.45) is 0 Å². The Morgan fingerprint density at radius 3 is 2.57 bits per heavy atom. The summed E-state index contributed by atoms with van der Waals surface area (Å²) in [4.78, 5) is 2.42. The first-order valence-corrected chi connectivity index (χ1v) is 9.69. The van der Waals surface area contributed by atoms with E-state index in [1.54, 1.807) is 7.05 Å². The van der Waals surface area contributed by atoms with Crippen LogP contribution in [0, 0.1) is 0 Å². The Hall–Kier alpha value is -0.210. The van der Waals surface area contributed by atoms with Crippen LogP contribution < -0.4 is 10.0 Å². The number of rotatable bonds is 9. The standard InChI is InChI=1S/C14H28N4O2S/c1-17(9-2-8-15-12-3-4-12)21(19,20)16-13-7-10-18(11-13)14-5-6-14/h12-16H,2-11H2,1H3. The van der Waals surface area contributed by atoms with E-state index in [4.69, 9.17) is 0 Å². The molecule has 1 heterocycles. The predicted octanol–water partition coefficient (Wildman–Crippen LogP) is 0.131. The molecule has 0 amide bonds. The van der Waals surface area contributed by atoms with Crippen LogP contribution in [-0.2, 0) is 10.2 Å². The molecule has 0 aromatic heterocycles. The Morgan fingerprint density at radius 1 is 1.14 bits per heavy atom. The average Bonchev–Trinajstić information content (AvgIpc) is 3.35. The minimum atomic E-state index is -3.33. The first kappa shape index (κ1) is 15.7. The first-order valence-electron chi connectivity index (χ1n) is 8.25. The smallest absolute Gasteiger partial charge is 0.279 e. The van der Waals surface area contributed by atoms with Crippen molar-refractivity contribution < 1.29 is 8.42 Å². The molecular formula is C14H28N4O2S. The third kappa shape index (κ3) is 4.63. The lowest BCUT2D eigenvalue weighted by Gasteiger charge is -2.21. The number of hydrogen-bond donors (Lipinski definition) is 2. The summed E-state index contributed by atoms with van der Waals surface area (Å²) in [5, 5.41) is 3.41. The summed E-state index contributed by atoms with van der Waals surface area (Å²) < 4.78 is 28.9. The van der Waals surface area contributed by atoms with E-state index in [1.807, 2.05) is 0 Å². The van der Waals surface area contributed by atoms with Crippen molar-refractivity contribution in [1.29, 1.82) is 0 Å². The molecule has 2 N–H and O–H groups in total. The van der Waals surface area contributed by atoms with Gasteiger partial charge >= 0.3 is 0 Å². The van der Waals surface area contributed by atoms with Crippen molar-refractivity contribution in [3.8, 4) is 0 Å². The van der Waals surface area contributed by atoms with E-state index < -0.39 is 10.2 Å². The van der Waals surface area contributed by atoms with Crippen LogP contribution in [0.25, 0.3) is 0 Å². The summed E-state index contributed by atoms with van der Waals surface area (Å²) in [7, 11) is -1.65. The summed E-state index contributed by atoms with van der Waals surface area (Å²) in [6.45, 7) is 3.39. The molecule has 3 fully saturated rings. The van der Waals surface area contributed by atoms with E-state index in [2.05, 4.69) is 14.9 Å². The molecule has 1 aliphatic heterocycles. The van der Waals surface area contributed by atoms with E-state index in [-0.39, 0.29) is 6.04 Å². The molecule has 1 saturated heterocycles. The van der Waals surface area contributed by atoms with Gasteiger partial charge in [-0.1, -0.05) is 0 Å². The van der Waals surface area contributed by atoms with Gasteiger partial charge in [-0.05, 0) is 45.1 Å². The third-order valence-corrected chi connectivity index (χ3v) is 6.30. The molecule has 0 bridgehead atoms. The minimum Gasteiger partial charge on any atom is -0.314 e. The van der Waals surface area contributed by atoms with Gasteiger partial charge in [0.15, 0.2) is 0 Å². The van der Waals surface area contributed by atoms with Crippen LogP contribution in [0.5, 0.6) is 0 Å². The van der Waals surface area contributed by atoms with Gasteiger partial charge in [-0.15, -0.1) is 0 Å². The van der Waals surface area contributed by atoms with E-state index in [0.717, 1.165) is 38.5 Å². The average molecular weight is 316 g/mol. The van der Waals surface area contributed by atoms with Gasteiger partial charge in [0.25, 0.3) is 10.2 Å². The highest BCUT2D eigenvalue weighted by Gasteiger charge is 2.36. The van der Waals surface area contributed by atoms with Crippen LogP contribution in [0.4, 0.5) is 0 Å². The fourth-order valence-corrected chi connectivity index (χ4v) is 4.13. The third-order valence-electron chi connectivity index (χ3n) is 4.67. The van der Waals surface area contributed by atoms with Crippen LogP contribution in [-0.4, -0.2) is 69.0 Å². The van der Waals surface area contributed by atoms with Crippen LogP contribution in [0.2, 0.25) is 0 Å². The molecule has 0 aromatic carbocycles. The van der Waals surface area contributed by atoms with Crippen molar-refractivity contribution >= 4 is 10.2 Å². The van der Waals surface area contributed by atoms with Gasteiger partial charge < -0.3 is 5.32 Å². The maximum Gasteiger partial charge on any atom is 0.279 e. The number of likely N-dealkylation sites (tertiary alicyclic amines) is 1. The SMILES string of the molecule is CN(CCCNC1CC1)S(=O)(=O)NC1CCN(C2CC2)C1. The highest BCUT2D eigenvalue weighted by molar-refractivity contribution is 7.87. The zero-order chi connectivity index (χ0) is 14.9. The van der Waals surface area contributed by atoms with Gasteiger partial charge in [-0.3, -0.25) is 4.90 Å². The lowest BCUT2D eigenvalue weighted by atomic mass is 10.3. The molecule has 7 heteroatoms. The zero-order valence-corrected chi connectivity index (χ0v) is 13.7. The van der Waals surface area contributed by atoms with Gasteiger partial charge in [-0.25, -0.2) is 0 Å². The highest BCUT2D eigenvalue weighted by Crippen LogP contribution is 2.29. The van der Waals surface area contributed by atoms with Crippen molar-refractivity contribution in [2.45, 2.75) is 56.7 Å². The molecule has 6 nitrogen and oxygen atoms in total. The molecule has 2 saturated carbocycles. The maximum atomic E-state index is 12.3. The Kier molecular flexibility index (Phi) is 4.85. The Bertz CT molecular complexity index is 448. The molecule has 1 atom stereocenters. The highest BCUT2D eigenvalue weighted by atomic mass is 32.2. The minimum absolute atomic E-state index is 0.0858. The lowest BCUT2D eigenvalue weighted by Crippen LogP contribution is -2.45. The molecule has 0 radical (unpaired) electrons. The molecule has 21 heavy (non-hydrogen) atoms. The molecule has 122 valence electrons. The van der Waals surface area contributed by atoms with Crippen LogP contribution in [0.3, 0.4) is 0 Å². The second kappa shape index (κ2) is 6.50. The Morgan fingerprint density at radius 2 is 1.90 bits per heavy atom. The second-order valence-corrected chi connectivity index (χ2v) is 8.55. The van der Waals surface area contributed by atoms with Crippen LogP contribution in [0.1, 0.15) is 38.5 Å². The number of nitrogens with one attached hydrogen (secondary N) is 2. The molecule has 3 rings (SSSR count). The number of nitrogens with zero attached hydrogens (tertiary/aromatic N) is 2. The summed E-state index contributed by atoms with van der Waals surface area (Å²) in [5.41, 5.74) is 0. The lowest BCUT2D eigenvalue weighted by molar-refractivity contribution is 0.321. The van der Waals surface area contributed by atoms with Crippen molar-refractivity contribution in [1.82, 2.24) is 19.2 Å². The van der Waals surface area contributed by atoms with Crippen LogP contribution >= 0.6 is 0 Å². The van der Waals surface area contributed by atoms with E-state index in [1.165, 1.54) is 30.0 Å². The maximum absolute atomic E-state index is 12.3. The van der Waals surface area contributed by atoms with Gasteiger partial charge in [0.2, 0.25) is 0 Å². The number of hydrogen-bond acceptors (Lipinski definition) is 4. The normalized spacial score (nSPS) is 27.6. The second-order valence-electron chi connectivity index (χ2n) is 6.74. The molecule has 3 aliphatic rings. The van der Waals surface area contributed by atoms with Crippen molar-refractivity contribution in [3.05, 3.63) is 0 Å². The predicted molar refractivity (Wildman–Crippen MR) is 83.3 cm³/mol. The Balaban J connectivity index is 1.37. The zero-order valence-electron chi connectivity index (χ0n) is 12.9. The van der Waals surface area contributed by atoms with Crippen LogP contribution in [0.15, 0.2) is 0 Å². The quantitative estimate of drug-likeness (QED) is 0.594. The molecule has 0 spiro atoms. The fourth-order valence-electron chi connectivity index (χ4n) is 2.97. The Labute approximate surface area is 128 Å². The van der Waals surface area contributed by atoms with Gasteiger partial charge in [-0.2, -0.15) is 17.4 Å². The molecule has 0 aromatic rings. The summed E-state index contributed by atoms with van der Waals surface area (Å²) in [6, 6.07) is 1.50.